The van der Waals surface area contributed by atoms with E-state index in [2.05, 4.69) is 67.8 Å². The number of hydrogen-bond acceptors (Lipinski definition) is 10. The molecule has 0 aliphatic carbocycles. The van der Waals surface area contributed by atoms with Crippen molar-refractivity contribution in [2.75, 3.05) is 19.8 Å². The van der Waals surface area contributed by atoms with Gasteiger partial charge in [-0.15, -0.1) is 0 Å². The Morgan fingerprint density at radius 3 is 1.23 bits per heavy atom. The number of unbranched alkanes of at least 4 members (excludes halogenated alkanes) is 44. The number of amides is 1. The van der Waals surface area contributed by atoms with Gasteiger partial charge in [-0.1, -0.05) is 319 Å². The minimum absolute atomic E-state index is 0.0130. The summed E-state index contributed by atoms with van der Waals surface area (Å²) in [5, 5.41) is 54.4. The van der Waals surface area contributed by atoms with Crippen molar-refractivity contribution in [3.05, 3.63) is 60.8 Å². The highest BCUT2D eigenvalue weighted by Crippen LogP contribution is 2.23. The van der Waals surface area contributed by atoms with Gasteiger partial charge in [-0.2, -0.15) is 0 Å². The Balaban J connectivity index is 1.92. The van der Waals surface area contributed by atoms with Gasteiger partial charge in [0.1, 0.15) is 24.4 Å². The van der Waals surface area contributed by atoms with Gasteiger partial charge in [0.15, 0.2) is 6.29 Å². The lowest BCUT2D eigenvalue weighted by Crippen LogP contribution is -2.60. The van der Waals surface area contributed by atoms with Gasteiger partial charge in [0, 0.05) is 12.8 Å². The summed E-state index contributed by atoms with van der Waals surface area (Å²) < 4.78 is 16.7. The minimum atomic E-state index is -1.58. The second-order valence-corrected chi connectivity index (χ2v) is 26.0. The van der Waals surface area contributed by atoms with Crippen molar-refractivity contribution in [1.82, 2.24) is 5.32 Å². The standard InChI is InChI=1S/C77H141NO10/c1-3-5-7-9-11-13-15-45-49-53-57-61-65-73(82)86-66-62-58-54-50-46-42-40-38-36-34-32-30-28-26-24-22-20-18-16-17-19-21-23-25-27-29-31-33-35-37-39-41-44-48-52-56-60-64-72(81)78-69(68-87-77-76(85)75(84)74(83)71(67-79)88-77)70(80)63-59-55-51-47-43-14-12-10-8-6-4-2/h8,10,16,18,22,24,43,47,59,63,69-71,74-77,79-80,83-85H,3-7,9,11-15,17,19-21,23,25-42,44-46,48-58,60-62,64-68H2,1-2H3,(H,78,81)/b10-8+,18-16-,24-22-,47-43+,63-59+. The maximum absolute atomic E-state index is 13.0. The molecule has 7 unspecified atom stereocenters. The van der Waals surface area contributed by atoms with Crippen LogP contribution >= 0.6 is 0 Å². The Kier molecular flexibility index (Phi) is 62.4. The molecule has 1 fully saturated rings. The van der Waals surface area contributed by atoms with Crippen molar-refractivity contribution in [2.24, 2.45) is 0 Å². The van der Waals surface area contributed by atoms with E-state index >= 15 is 0 Å². The summed E-state index contributed by atoms with van der Waals surface area (Å²) in [5.41, 5.74) is 0. The van der Waals surface area contributed by atoms with Crippen LogP contribution in [0, 0.1) is 0 Å². The van der Waals surface area contributed by atoms with Crippen molar-refractivity contribution >= 4 is 11.9 Å². The van der Waals surface area contributed by atoms with Crippen LogP contribution in [0.1, 0.15) is 354 Å². The average molecular weight is 1240 g/mol. The lowest BCUT2D eigenvalue weighted by atomic mass is 9.99. The van der Waals surface area contributed by atoms with Gasteiger partial charge in [-0.3, -0.25) is 9.59 Å². The molecule has 1 aliphatic heterocycles. The molecule has 0 bridgehead atoms. The molecule has 0 aromatic carbocycles. The number of ether oxygens (including phenoxy) is 3. The first-order valence-corrected chi connectivity index (χ1v) is 37.6. The molecule has 6 N–H and O–H groups in total. The number of esters is 1. The largest absolute Gasteiger partial charge is 0.466 e. The van der Waals surface area contributed by atoms with Gasteiger partial charge in [0.05, 0.1) is 32.0 Å². The zero-order valence-corrected chi connectivity index (χ0v) is 57.2. The number of nitrogens with one attached hydrogen (secondary N) is 1. The van der Waals surface area contributed by atoms with Crippen LogP contribution in [0.4, 0.5) is 0 Å². The van der Waals surface area contributed by atoms with E-state index in [1.165, 1.54) is 250 Å². The van der Waals surface area contributed by atoms with Crippen LogP contribution in [0.2, 0.25) is 0 Å². The fourth-order valence-electron chi connectivity index (χ4n) is 11.7. The highest BCUT2D eigenvalue weighted by atomic mass is 16.7. The molecule has 0 aromatic heterocycles. The predicted octanol–water partition coefficient (Wildman–Crippen LogP) is 19.7. The van der Waals surface area contributed by atoms with E-state index in [9.17, 15) is 35.1 Å². The quantitative estimate of drug-likeness (QED) is 0.0195. The van der Waals surface area contributed by atoms with Gasteiger partial charge in [0.2, 0.25) is 5.91 Å². The van der Waals surface area contributed by atoms with E-state index in [0.717, 1.165) is 77.0 Å². The van der Waals surface area contributed by atoms with Crippen LogP contribution in [0.25, 0.3) is 0 Å². The highest BCUT2D eigenvalue weighted by molar-refractivity contribution is 5.76. The van der Waals surface area contributed by atoms with Crippen LogP contribution in [0.5, 0.6) is 0 Å². The van der Waals surface area contributed by atoms with Gasteiger partial charge < -0.3 is 45.1 Å². The number of carbonyl (C=O) groups excluding carboxylic acids is 2. The molecule has 0 aromatic rings. The third-order valence-corrected chi connectivity index (χ3v) is 17.6. The topological polar surface area (TPSA) is 175 Å². The molecule has 0 radical (unpaired) electrons. The molecular formula is C77H141NO10. The van der Waals surface area contributed by atoms with E-state index in [1.54, 1.807) is 6.08 Å². The summed E-state index contributed by atoms with van der Waals surface area (Å²) in [5.74, 6) is -0.182. The third kappa shape index (κ3) is 54.0. The van der Waals surface area contributed by atoms with Gasteiger partial charge in [-0.05, 0) is 83.5 Å². The molecular weight excluding hydrogens is 1100 g/mol. The molecule has 7 atom stereocenters. The second kappa shape index (κ2) is 65.8. The average Bonchev–Trinajstić information content (AvgIpc) is 2.02. The van der Waals surface area contributed by atoms with Gasteiger partial charge in [0.25, 0.3) is 0 Å². The number of carbonyl (C=O) groups is 2. The number of aliphatic hydroxyl groups is 5. The van der Waals surface area contributed by atoms with E-state index < -0.39 is 49.5 Å². The molecule has 11 nitrogen and oxygen atoms in total. The number of allylic oxidation sites excluding steroid dienone is 9. The zero-order chi connectivity index (χ0) is 63.7. The molecule has 1 amide bonds. The van der Waals surface area contributed by atoms with Crippen LogP contribution in [0.15, 0.2) is 60.8 Å². The maximum Gasteiger partial charge on any atom is 0.305 e. The van der Waals surface area contributed by atoms with Crippen LogP contribution in [0.3, 0.4) is 0 Å². The van der Waals surface area contributed by atoms with Crippen LogP contribution in [-0.4, -0.2) is 100 Å². The molecule has 0 saturated carbocycles. The second-order valence-electron chi connectivity index (χ2n) is 26.0. The Morgan fingerprint density at radius 2 is 0.795 bits per heavy atom. The fraction of sp³-hybridized carbons (Fsp3) is 0.844. The van der Waals surface area contributed by atoms with Crippen LogP contribution in [-0.2, 0) is 23.8 Å². The van der Waals surface area contributed by atoms with Gasteiger partial charge >= 0.3 is 5.97 Å². The molecule has 1 aliphatic rings. The van der Waals surface area contributed by atoms with Crippen molar-refractivity contribution in [3.8, 4) is 0 Å². The molecule has 1 heterocycles. The fourth-order valence-corrected chi connectivity index (χ4v) is 11.7. The zero-order valence-electron chi connectivity index (χ0n) is 57.2. The summed E-state index contributed by atoms with van der Waals surface area (Å²) in [6, 6.07) is -0.833. The molecule has 1 saturated heterocycles. The Labute approximate surface area is 541 Å². The predicted molar refractivity (Wildman–Crippen MR) is 370 cm³/mol. The number of hydrogen-bond donors (Lipinski definition) is 6. The van der Waals surface area contributed by atoms with E-state index in [1.807, 2.05) is 6.08 Å². The summed E-state index contributed by atoms with van der Waals surface area (Å²) >= 11 is 0. The third-order valence-electron chi connectivity index (χ3n) is 17.6. The van der Waals surface area contributed by atoms with Crippen molar-refractivity contribution < 1.29 is 49.3 Å². The molecule has 1 rings (SSSR count). The number of aliphatic hydroxyl groups excluding tert-OH is 5. The first-order valence-electron chi connectivity index (χ1n) is 37.6. The first kappa shape index (κ1) is 83.4. The van der Waals surface area contributed by atoms with Crippen molar-refractivity contribution in [2.45, 2.75) is 397 Å². The monoisotopic (exact) mass is 1240 g/mol. The van der Waals surface area contributed by atoms with Gasteiger partial charge in [-0.25, -0.2) is 0 Å². The minimum Gasteiger partial charge on any atom is -0.466 e. The highest BCUT2D eigenvalue weighted by Gasteiger charge is 2.44. The molecule has 0 spiro atoms. The Morgan fingerprint density at radius 1 is 0.420 bits per heavy atom. The Bertz CT molecular complexity index is 1650. The summed E-state index contributed by atoms with van der Waals surface area (Å²) in [6.07, 6.45) is 78.2. The molecule has 88 heavy (non-hydrogen) atoms. The van der Waals surface area contributed by atoms with Crippen LogP contribution < -0.4 is 5.32 Å². The normalized spacial score (nSPS) is 18.1. The van der Waals surface area contributed by atoms with Crippen molar-refractivity contribution in [1.29, 1.82) is 0 Å². The van der Waals surface area contributed by atoms with Crippen molar-refractivity contribution in [3.63, 3.8) is 0 Å². The number of rotatable bonds is 66. The summed E-state index contributed by atoms with van der Waals surface area (Å²) in [6.45, 7) is 4.28. The first-order chi connectivity index (χ1) is 43.2. The Hall–Kier alpha value is -2.64. The smallest absolute Gasteiger partial charge is 0.305 e. The van der Waals surface area contributed by atoms with E-state index in [-0.39, 0.29) is 18.5 Å². The molecule has 11 heteroatoms. The SMILES string of the molecule is CCC/C=C/CC/C=C/CC/C=C/C(O)C(COC1OC(CO)C(O)C(O)C1O)NC(=O)CCCCCCCCCCCCCCCCCCC/C=C\C/C=C\CCCCCCCCCCCCCCCOC(=O)CCCCCCCCCCCCCC. The van der Waals surface area contributed by atoms with E-state index in [4.69, 9.17) is 14.2 Å². The lowest BCUT2D eigenvalue weighted by Gasteiger charge is -2.40. The maximum atomic E-state index is 13.0. The lowest BCUT2D eigenvalue weighted by molar-refractivity contribution is -0.302. The molecule has 514 valence electrons. The summed E-state index contributed by atoms with van der Waals surface area (Å²) in [7, 11) is 0. The van der Waals surface area contributed by atoms with E-state index in [0.29, 0.717) is 19.4 Å². The summed E-state index contributed by atoms with van der Waals surface area (Å²) in [4.78, 5) is 25.1.